The normalized spacial score (nSPS) is 16.6. The van der Waals surface area contributed by atoms with E-state index in [9.17, 15) is 9.67 Å². The third kappa shape index (κ3) is 3.73. The van der Waals surface area contributed by atoms with Gasteiger partial charge in [0.25, 0.3) is 0 Å². The summed E-state index contributed by atoms with van der Waals surface area (Å²) in [4.78, 5) is 1.98. The van der Waals surface area contributed by atoms with Crippen molar-refractivity contribution in [2.24, 2.45) is 0 Å². The van der Waals surface area contributed by atoms with Gasteiger partial charge in [0.1, 0.15) is 0 Å². The van der Waals surface area contributed by atoms with Crippen molar-refractivity contribution in [1.29, 1.82) is 0 Å². The minimum atomic E-state index is -2.84. The molecule has 0 unspecified atom stereocenters. The zero-order valence-electron chi connectivity index (χ0n) is 13.5. The summed E-state index contributed by atoms with van der Waals surface area (Å²) in [5, 5.41) is 9.24. The molecule has 124 valence electrons. The summed E-state index contributed by atoms with van der Waals surface area (Å²) < 4.78 is 15.3. The Kier molecular flexibility index (Phi) is 5.42. The quantitative estimate of drug-likeness (QED) is 0.770. The van der Waals surface area contributed by atoms with Gasteiger partial charge >= 0.3 is 0 Å². The number of likely N-dealkylation sites (N-methyl/N-ethyl adjacent to an activating group) is 1. The van der Waals surface area contributed by atoms with Crippen molar-refractivity contribution in [1.82, 2.24) is 4.67 Å². The summed E-state index contributed by atoms with van der Waals surface area (Å²) in [6, 6.07) is 20.0. The first-order valence-electron chi connectivity index (χ1n) is 7.79. The first kappa shape index (κ1) is 17.2. The maximum atomic E-state index is 13.5. The minimum Gasteiger partial charge on any atom is -0.395 e. The number of thioether (sulfide) groups is 1. The highest BCUT2D eigenvalue weighted by atomic mass is 32.2. The van der Waals surface area contributed by atoms with Crippen molar-refractivity contribution in [3.63, 3.8) is 0 Å². The molecule has 1 N–H and O–H groups in total. The van der Waals surface area contributed by atoms with Gasteiger partial charge in [0.15, 0.2) is 7.29 Å². The van der Waals surface area contributed by atoms with Crippen LogP contribution >= 0.6 is 19.1 Å². The fraction of sp³-hybridized carbons (Fsp3) is 0.158. The van der Waals surface area contributed by atoms with E-state index in [-0.39, 0.29) is 6.61 Å². The van der Waals surface area contributed by atoms with Crippen LogP contribution in [0.25, 0.3) is 9.81 Å². The number of rotatable bonds is 5. The van der Waals surface area contributed by atoms with Crippen molar-refractivity contribution in [2.45, 2.75) is 0 Å². The third-order valence-corrected chi connectivity index (χ3v) is 7.92. The molecule has 1 aliphatic heterocycles. The average Bonchev–Trinajstić information content (AvgIpc) is 2.63. The number of aliphatic hydroxyl groups excluding tert-OH is 1. The van der Waals surface area contributed by atoms with Crippen LogP contribution in [0.4, 0.5) is 0 Å². The van der Waals surface area contributed by atoms with Gasteiger partial charge in [-0.25, -0.2) is 4.67 Å². The fourth-order valence-electron chi connectivity index (χ4n) is 2.51. The van der Waals surface area contributed by atoms with Gasteiger partial charge in [-0.2, -0.15) is 0 Å². The van der Waals surface area contributed by atoms with Crippen LogP contribution in [-0.2, 0) is 4.57 Å². The molecule has 2 aromatic rings. The molecule has 24 heavy (non-hydrogen) atoms. The number of hydrogen-bond donors (Lipinski definition) is 1. The smallest absolute Gasteiger partial charge is 0.195 e. The Balaban J connectivity index is 2.06. The zero-order valence-corrected chi connectivity index (χ0v) is 15.2. The molecule has 0 aliphatic carbocycles. The molecule has 5 heteroatoms. The molecule has 0 bridgehead atoms. The van der Waals surface area contributed by atoms with Crippen molar-refractivity contribution in [3.05, 3.63) is 83.4 Å². The van der Waals surface area contributed by atoms with E-state index in [1.165, 1.54) is 0 Å². The predicted octanol–water partition coefficient (Wildman–Crippen LogP) is 4.93. The highest BCUT2D eigenvalue weighted by Crippen LogP contribution is 2.62. The molecule has 1 heterocycles. The lowest BCUT2D eigenvalue weighted by Gasteiger charge is -2.28. The second-order valence-electron chi connectivity index (χ2n) is 5.60. The second-order valence-corrected chi connectivity index (χ2v) is 9.23. The van der Waals surface area contributed by atoms with Crippen molar-refractivity contribution in [3.8, 4) is 0 Å². The molecule has 0 amide bonds. The molecule has 0 aromatic heterocycles. The molecule has 3 nitrogen and oxygen atoms in total. The molecule has 0 spiro atoms. The summed E-state index contributed by atoms with van der Waals surface area (Å²) >= 11 is 1.64. The van der Waals surface area contributed by atoms with Crippen LogP contribution in [-0.4, -0.2) is 30.0 Å². The molecule has 0 radical (unpaired) electrons. The van der Waals surface area contributed by atoms with E-state index in [4.69, 9.17) is 0 Å². The maximum Gasteiger partial charge on any atom is 0.195 e. The third-order valence-electron chi connectivity index (χ3n) is 3.90. The van der Waals surface area contributed by atoms with Gasteiger partial charge in [0.05, 0.1) is 6.61 Å². The lowest BCUT2D eigenvalue weighted by Crippen LogP contribution is -2.18. The van der Waals surface area contributed by atoms with Crippen LogP contribution in [0.5, 0.6) is 0 Å². The average molecular weight is 357 g/mol. The molecule has 0 saturated heterocycles. The molecular formula is C19H20NO2PS. The monoisotopic (exact) mass is 357 g/mol. The van der Waals surface area contributed by atoms with Crippen LogP contribution in [0, 0.1) is 0 Å². The SMILES string of the molecule is CN(CCO)P1(=O)C=C(c2ccccc2)SC(c2ccccc2)=C1. The highest BCUT2D eigenvalue weighted by Gasteiger charge is 2.29. The summed E-state index contributed by atoms with van der Waals surface area (Å²) in [5.74, 6) is 3.71. The second kappa shape index (κ2) is 7.54. The van der Waals surface area contributed by atoms with Gasteiger partial charge in [-0.1, -0.05) is 72.4 Å². The summed E-state index contributed by atoms with van der Waals surface area (Å²) in [6.45, 7) is 0.357. The Hall–Kier alpha value is -1.58. The summed E-state index contributed by atoms with van der Waals surface area (Å²) in [7, 11) is -1.04. The first-order chi connectivity index (χ1) is 11.6. The van der Waals surface area contributed by atoms with E-state index in [0.29, 0.717) is 6.54 Å². The number of benzene rings is 2. The summed E-state index contributed by atoms with van der Waals surface area (Å²) in [5.41, 5.74) is 2.11. The van der Waals surface area contributed by atoms with Crippen LogP contribution in [0.15, 0.2) is 72.3 Å². The Morgan fingerprint density at radius 3 is 1.79 bits per heavy atom. The fourth-order valence-corrected chi connectivity index (χ4v) is 6.43. The molecule has 0 fully saturated rings. The van der Waals surface area contributed by atoms with Gasteiger partial charge in [0.2, 0.25) is 0 Å². The van der Waals surface area contributed by atoms with E-state index >= 15 is 0 Å². The molecular weight excluding hydrogens is 337 g/mol. The number of nitrogens with zero attached hydrogens (tertiary/aromatic N) is 1. The lowest BCUT2D eigenvalue weighted by atomic mass is 10.2. The Morgan fingerprint density at radius 1 is 0.917 bits per heavy atom. The molecule has 1 aliphatic rings. The maximum absolute atomic E-state index is 13.5. The van der Waals surface area contributed by atoms with Gasteiger partial charge < -0.3 is 5.11 Å². The van der Waals surface area contributed by atoms with Gasteiger partial charge in [-0.3, -0.25) is 4.57 Å². The van der Waals surface area contributed by atoms with Crippen LogP contribution in [0.2, 0.25) is 0 Å². The van der Waals surface area contributed by atoms with Gasteiger partial charge in [-0.15, -0.1) is 0 Å². The van der Waals surface area contributed by atoms with E-state index in [1.54, 1.807) is 23.5 Å². The first-order valence-corrected chi connectivity index (χ1v) is 10.4. The zero-order chi connectivity index (χ0) is 17.0. The van der Waals surface area contributed by atoms with E-state index < -0.39 is 7.29 Å². The van der Waals surface area contributed by atoms with Crippen molar-refractivity contribution in [2.75, 3.05) is 20.2 Å². The Morgan fingerprint density at radius 2 is 1.38 bits per heavy atom. The molecule has 0 atom stereocenters. The number of hydrogen-bond acceptors (Lipinski definition) is 3. The molecule has 2 aromatic carbocycles. The van der Waals surface area contributed by atoms with E-state index in [1.807, 2.05) is 72.3 Å². The standard InChI is InChI=1S/C19H20NO2PS/c1-20(12-13-21)23(22)14-18(16-8-4-2-5-9-16)24-19(15-23)17-10-6-3-7-11-17/h2-11,14-15,21H,12-13H2,1H3. The summed E-state index contributed by atoms with van der Waals surface area (Å²) in [6.07, 6.45) is 0. The topological polar surface area (TPSA) is 40.5 Å². The highest BCUT2D eigenvalue weighted by molar-refractivity contribution is 8.17. The Bertz CT molecular complexity index is 743. The predicted molar refractivity (Wildman–Crippen MR) is 104 cm³/mol. The Labute approximate surface area is 147 Å². The van der Waals surface area contributed by atoms with Gasteiger partial charge in [0, 0.05) is 28.0 Å². The molecule has 0 saturated carbocycles. The minimum absolute atomic E-state index is 0.0172. The largest absolute Gasteiger partial charge is 0.395 e. The lowest BCUT2D eigenvalue weighted by molar-refractivity contribution is 0.267. The van der Waals surface area contributed by atoms with Crippen LogP contribution < -0.4 is 0 Å². The molecule has 3 rings (SSSR count). The van der Waals surface area contributed by atoms with E-state index in [2.05, 4.69) is 0 Å². The number of aliphatic hydroxyl groups is 1. The van der Waals surface area contributed by atoms with Gasteiger partial charge in [-0.05, 0) is 18.2 Å². The van der Waals surface area contributed by atoms with Crippen molar-refractivity contribution >= 4 is 28.9 Å². The van der Waals surface area contributed by atoms with Crippen LogP contribution in [0.1, 0.15) is 11.1 Å². The van der Waals surface area contributed by atoms with Crippen LogP contribution in [0.3, 0.4) is 0 Å². The van der Waals surface area contributed by atoms with Crippen molar-refractivity contribution < 1.29 is 9.67 Å². The van der Waals surface area contributed by atoms with E-state index in [0.717, 1.165) is 20.9 Å².